The molecule has 3 aromatic heterocycles. The molecule has 106 valence electrons. The van der Waals surface area contributed by atoms with Crippen LogP contribution in [-0.4, -0.2) is 24.1 Å². The molecule has 0 aliphatic rings. The molecule has 0 amide bonds. The van der Waals surface area contributed by atoms with Crippen molar-refractivity contribution in [3.05, 3.63) is 58.9 Å². The SMILES string of the molecule is C=CCn1nc2c(C)c(C)nc(-c3cccnc3)n2c1=O. The van der Waals surface area contributed by atoms with Crippen molar-refractivity contribution in [2.75, 3.05) is 0 Å². The predicted octanol–water partition coefficient (Wildman–Crippen LogP) is 1.76. The Kier molecular flexibility index (Phi) is 3.13. The summed E-state index contributed by atoms with van der Waals surface area (Å²) in [6.45, 7) is 7.84. The summed E-state index contributed by atoms with van der Waals surface area (Å²) in [6, 6.07) is 3.69. The molecule has 0 saturated carbocycles. The van der Waals surface area contributed by atoms with Crippen molar-refractivity contribution >= 4 is 5.65 Å². The van der Waals surface area contributed by atoms with Crippen LogP contribution < -0.4 is 5.69 Å². The number of rotatable bonds is 3. The second-order valence-corrected chi connectivity index (χ2v) is 4.80. The molecule has 6 heteroatoms. The van der Waals surface area contributed by atoms with Crippen LogP contribution in [0.1, 0.15) is 11.3 Å². The molecule has 6 nitrogen and oxygen atoms in total. The van der Waals surface area contributed by atoms with Gasteiger partial charge in [-0.3, -0.25) is 4.98 Å². The van der Waals surface area contributed by atoms with Gasteiger partial charge < -0.3 is 0 Å². The zero-order valence-electron chi connectivity index (χ0n) is 11.9. The van der Waals surface area contributed by atoms with Gasteiger partial charge in [0.25, 0.3) is 0 Å². The molecule has 0 spiro atoms. The number of aryl methyl sites for hydroxylation is 2. The van der Waals surface area contributed by atoms with Crippen LogP contribution in [0.5, 0.6) is 0 Å². The highest BCUT2D eigenvalue weighted by molar-refractivity contribution is 5.61. The lowest BCUT2D eigenvalue weighted by atomic mass is 10.2. The summed E-state index contributed by atoms with van der Waals surface area (Å²) in [5, 5.41) is 4.38. The number of fused-ring (bicyclic) bond motifs is 1. The smallest absolute Gasteiger partial charge is 0.264 e. The fraction of sp³-hybridized carbons (Fsp3) is 0.200. The Morgan fingerprint density at radius 1 is 1.38 bits per heavy atom. The second kappa shape index (κ2) is 4.97. The van der Waals surface area contributed by atoms with Crippen molar-refractivity contribution in [3.8, 4) is 11.4 Å². The van der Waals surface area contributed by atoms with Gasteiger partial charge in [-0.2, -0.15) is 0 Å². The van der Waals surface area contributed by atoms with E-state index in [-0.39, 0.29) is 5.69 Å². The minimum atomic E-state index is -0.223. The quantitative estimate of drug-likeness (QED) is 0.686. The number of hydrogen-bond donors (Lipinski definition) is 0. The molecular formula is C15H15N5O. The maximum Gasteiger partial charge on any atom is 0.352 e. The maximum absolute atomic E-state index is 12.5. The fourth-order valence-electron chi connectivity index (χ4n) is 2.23. The Hall–Kier alpha value is -2.76. The van der Waals surface area contributed by atoms with E-state index in [2.05, 4.69) is 21.6 Å². The van der Waals surface area contributed by atoms with Crippen LogP contribution in [0.4, 0.5) is 0 Å². The van der Waals surface area contributed by atoms with Crippen molar-refractivity contribution < 1.29 is 0 Å². The van der Waals surface area contributed by atoms with Gasteiger partial charge in [-0.15, -0.1) is 11.7 Å². The Balaban J connectivity index is 2.42. The van der Waals surface area contributed by atoms with E-state index >= 15 is 0 Å². The second-order valence-electron chi connectivity index (χ2n) is 4.80. The first-order valence-corrected chi connectivity index (χ1v) is 6.61. The van der Waals surface area contributed by atoms with E-state index in [4.69, 9.17) is 0 Å². The van der Waals surface area contributed by atoms with Crippen LogP contribution in [0.25, 0.3) is 17.0 Å². The van der Waals surface area contributed by atoms with Gasteiger partial charge in [0.2, 0.25) is 0 Å². The molecule has 0 bridgehead atoms. The van der Waals surface area contributed by atoms with E-state index in [9.17, 15) is 4.79 Å². The normalized spacial score (nSPS) is 11.0. The number of allylic oxidation sites excluding steroid dienone is 1. The molecule has 0 fully saturated rings. The Morgan fingerprint density at radius 3 is 2.86 bits per heavy atom. The van der Waals surface area contributed by atoms with Crippen LogP contribution in [0.15, 0.2) is 42.0 Å². The van der Waals surface area contributed by atoms with E-state index in [1.807, 2.05) is 26.0 Å². The molecule has 3 aromatic rings. The molecule has 3 rings (SSSR count). The van der Waals surface area contributed by atoms with Gasteiger partial charge in [0, 0.05) is 29.2 Å². The minimum absolute atomic E-state index is 0.223. The van der Waals surface area contributed by atoms with Crippen molar-refractivity contribution in [2.45, 2.75) is 20.4 Å². The standard InChI is InChI=1S/C15H15N5O/c1-4-8-19-15(21)20-13(18-19)10(2)11(3)17-14(20)12-6-5-7-16-9-12/h4-7,9H,1,8H2,2-3H3. The molecule has 0 unspecified atom stereocenters. The largest absolute Gasteiger partial charge is 0.352 e. The first kappa shape index (κ1) is 13.2. The van der Waals surface area contributed by atoms with Crippen LogP contribution in [-0.2, 0) is 6.54 Å². The predicted molar refractivity (Wildman–Crippen MR) is 80.1 cm³/mol. The number of aromatic nitrogens is 5. The molecule has 0 atom stereocenters. The summed E-state index contributed by atoms with van der Waals surface area (Å²) in [4.78, 5) is 21.2. The Bertz CT molecular complexity index is 876. The molecule has 0 aliphatic carbocycles. The van der Waals surface area contributed by atoms with Gasteiger partial charge in [-0.05, 0) is 26.0 Å². The van der Waals surface area contributed by atoms with Gasteiger partial charge in [0.1, 0.15) is 0 Å². The van der Waals surface area contributed by atoms with Crippen LogP contribution in [0, 0.1) is 13.8 Å². The lowest BCUT2D eigenvalue weighted by Crippen LogP contribution is -2.22. The molecule has 0 saturated heterocycles. The summed E-state index contributed by atoms with van der Waals surface area (Å²) in [5.41, 5.74) is 2.91. The van der Waals surface area contributed by atoms with Crippen molar-refractivity contribution in [1.82, 2.24) is 24.1 Å². The summed E-state index contributed by atoms with van der Waals surface area (Å²) in [6.07, 6.45) is 5.02. The number of pyridine rings is 1. The third-order valence-corrected chi connectivity index (χ3v) is 3.42. The lowest BCUT2D eigenvalue weighted by Gasteiger charge is -2.07. The topological polar surface area (TPSA) is 65.1 Å². The highest BCUT2D eigenvalue weighted by Crippen LogP contribution is 2.19. The van der Waals surface area contributed by atoms with Crippen LogP contribution in [0.2, 0.25) is 0 Å². The maximum atomic E-state index is 12.5. The Labute approximate surface area is 121 Å². The monoisotopic (exact) mass is 281 g/mol. The van der Waals surface area contributed by atoms with Gasteiger partial charge in [0.15, 0.2) is 11.5 Å². The number of hydrogen-bond acceptors (Lipinski definition) is 4. The molecule has 21 heavy (non-hydrogen) atoms. The molecule has 0 aromatic carbocycles. The van der Waals surface area contributed by atoms with E-state index in [0.29, 0.717) is 18.0 Å². The van der Waals surface area contributed by atoms with Gasteiger partial charge >= 0.3 is 5.69 Å². The van der Waals surface area contributed by atoms with E-state index in [0.717, 1.165) is 16.8 Å². The van der Waals surface area contributed by atoms with Gasteiger partial charge in [-0.25, -0.2) is 18.9 Å². The average molecular weight is 281 g/mol. The van der Waals surface area contributed by atoms with E-state index in [1.54, 1.807) is 18.5 Å². The summed E-state index contributed by atoms with van der Waals surface area (Å²) in [5.74, 6) is 0.557. The van der Waals surface area contributed by atoms with E-state index in [1.165, 1.54) is 9.08 Å². The van der Waals surface area contributed by atoms with Crippen molar-refractivity contribution in [1.29, 1.82) is 0 Å². The van der Waals surface area contributed by atoms with Gasteiger partial charge in [-0.1, -0.05) is 6.08 Å². The fourth-order valence-corrected chi connectivity index (χ4v) is 2.23. The first-order chi connectivity index (χ1) is 10.1. The summed E-state index contributed by atoms with van der Waals surface area (Å²) >= 11 is 0. The summed E-state index contributed by atoms with van der Waals surface area (Å²) in [7, 11) is 0. The summed E-state index contributed by atoms with van der Waals surface area (Å²) < 4.78 is 2.92. The highest BCUT2D eigenvalue weighted by atomic mass is 16.2. The molecule has 0 N–H and O–H groups in total. The number of nitrogens with zero attached hydrogens (tertiary/aromatic N) is 5. The van der Waals surface area contributed by atoms with Crippen LogP contribution >= 0.6 is 0 Å². The third kappa shape index (κ3) is 2.05. The molecular weight excluding hydrogens is 266 g/mol. The zero-order chi connectivity index (χ0) is 15.0. The van der Waals surface area contributed by atoms with E-state index < -0.39 is 0 Å². The van der Waals surface area contributed by atoms with Gasteiger partial charge in [0.05, 0.1) is 6.54 Å². The molecule has 0 aliphatic heterocycles. The zero-order valence-corrected chi connectivity index (χ0v) is 11.9. The first-order valence-electron chi connectivity index (χ1n) is 6.61. The lowest BCUT2D eigenvalue weighted by molar-refractivity contribution is 0.673. The third-order valence-electron chi connectivity index (χ3n) is 3.42. The van der Waals surface area contributed by atoms with Crippen molar-refractivity contribution in [3.63, 3.8) is 0 Å². The molecule has 3 heterocycles. The highest BCUT2D eigenvalue weighted by Gasteiger charge is 2.16. The minimum Gasteiger partial charge on any atom is -0.264 e. The Morgan fingerprint density at radius 2 is 2.19 bits per heavy atom. The van der Waals surface area contributed by atoms with Crippen molar-refractivity contribution in [2.24, 2.45) is 0 Å². The average Bonchev–Trinajstić information content (AvgIpc) is 2.82. The molecule has 0 radical (unpaired) electrons. The van der Waals surface area contributed by atoms with Crippen LogP contribution in [0.3, 0.4) is 0 Å².